The van der Waals surface area contributed by atoms with E-state index >= 15 is 0 Å². The van der Waals surface area contributed by atoms with Crippen LogP contribution in [0.1, 0.15) is 43.4 Å². The van der Waals surface area contributed by atoms with Crippen LogP contribution in [-0.2, 0) is 21.3 Å². The van der Waals surface area contributed by atoms with Crippen molar-refractivity contribution in [2.75, 3.05) is 0 Å². The van der Waals surface area contributed by atoms with E-state index in [1.165, 1.54) is 26.2 Å². The monoisotopic (exact) mass is 425 g/mol. The van der Waals surface area contributed by atoms with E-state index in [9.17, 15) is 27.2 Å². The predicted octanol–water partition coefficient (Wildman–Crippen LogP) is 2.16. The number of rotatable bonds is 4. The Labute approximate surface area is 169 Å². The largest absolute Gasteiger partial charge is 0.419 e. The highest BCUT2D eigenvalue weighted by atomic mass is 19.4. The molecule has 30 heavy (non-hydrogen) atoms. The van der Waals surface area contributed by atoms with Crippen molar-refractivity contribution < 1.29 is 27.2 Å². The molecule has 0 radical (unpaired) electrons. The zero-order chi connectivity index (χ0) is 22.1. The summed E-state index contributed by atoms with van der Waals surface area (Å²) in [5.74, 6) is -2.13. The van der Waals surface area contributed by atoms with Crippen LogP contribution in [0.5, 0.6) is 0 Å². The maximum Gasteiger partial charge on any atom is 0.419 e. The maximum absolute atomic E-state index is 13.9. The molecule has 1 fully saturated rings. The minimum absolute atomic E-state index is 0.143. The first-order valence-corrected chi connectivity index (χ1v) is 8.99. The summed E-state index contributed by atoms with van der Waals surface area (Å²) in [6.45, 7) is 3.04. The van der Waals surface area contributed by atoms with Gasteiger partial charge < -0.3 is 10.6 Å². The normalized spacial score (nSPS) is 19.9. The van der Waals surface area contributed by atoms with Gasteiger partial charge in [0.1, 0.15) is 12.0 Å². The molecule has 11 heteroatoms. The Morgan fingerprint density at radius 1 is 1.20 bits per heavy atom. The Morgan fingerprint density at radius 2 is 1.87 bits per heavy atom. The number of hydrogen-bond donors (Lipinski definition) is 3. The second kappa shape index (κ2) is 7.98. The van der Waals surface area contributed by atoms with Crippen LogP contribution < -0.4 is 16.0 Å². The van der Waals surface area contributed by atoms with E-state index in [1.54, 1.807) is 6.07 Å². The molecule has 3 rings (SSSR count). The molecule has 0 aliphatic carbocycles. The molecule has 2 unspecified atom stereocenters. The summed E-state index contributed by atoms with van der Waals surface area (Å²) >= 11 is 0. The van der Waals surface area contributed by atoms with Gasteiger partial charge in [0.2, 0.25) is 11.8 Å². The summed E-state index contributed by atoms with van der Waals surface area (Å²) < 4.78 is 52.3. The first-order valence-electron chi connectivity index (χ1n) is 8.99. The van der Waals surface area contributed by atoms with Gasteiger partial charge in [0.05, 0.1) is 23.6 Å². The highest BCUT2D eigenvalue weighted by molar-refractivity contribution is 5.90. The zero-order valence-corrected chi connectivity index (χ0v) is 16.0. The van der Waals surface area contributed by atoms with Gasteiger partial charge in [-0.25, -0.2) is 14.4 Å². The number of carbonyl (C=O) groups is 2. The van der Waals surface area contributed by atoms with Crippen LogP contribution in [-0.4, -0.2) is 27.8 Å². The number of hydrogen-bond acceptors (Lipinski definition) is 5. The second-order valence-corrected chi connectivity index (χ2v) is 7.34. The fraction of sp³-hybridized carbons (Fsp3) is 0.368. The van der Waals surface area contributed by atoms with Crippen molar-refractivity contribution in [3.63, 3.8) is 0 Å². The summed E-state index contributed by atoms with van der Waals surface area (Å²) in [4.78, 5) is 32.9. The molecule has 1 aromatic carbocycles. The predicted molar refractivity (Wildman–Crippen MR) is 97.0 cm³/mol. The van der Waals surface area contributed by atoms with Crippen LogP contribution in [0.25, 0.3) is 0 Å². The van der Waals surface area contributed by atoms with Crippen molar-refractivity contribution in [2.24, 2.45) is 0 Å². The van der Waals surface area contributed by atoms with Crippen molar-refractivity contribution in [3.8, 4) is 0 Å². The van der Waals surface area contributed by atoms with Gasteiger partial charge in [-0.3, -0.25) is 14.9 Å². The molecule has 7 nitrogen and oxygen atoms in total. The van der Waals surface area contributed by atoms with Crippen LogP contribution in [0.3, 0.4) is 0 Å². The molecule has 2 atom stereocenters. The van der Waals surface area contributed by atoms with E-state index in [1.807, 2.05) is 0 Å². The Hall–Kier alpha value is -3.08. The smallest absolute Gasteiger partial charge is 0.346 e. The summed E-state index contributed by atoms with van der Waals surface area (Å²) in [5, 5.41) is 8.20. The molecule has 2 heterocycles. The Morgan fingerprint density at radius 3 is 2.47 bits per heavy atom. The van der Waals surface area contributed by atoms with E-state index in [4.69, 9.17) is 0 Å². The number of alkyl halides is 3. The quantitative estimate of drug-likeness (QED) is 0.653. The molecule has 0 spiro atoms. The number of aromatic nitrogens is 2. The lowest BCUT2D eigenvalue weighted by molar-refractivity contribution is -0.140. The molecule has 0 bridgehead atoms. The topological polar surface area (TPSA) is 96.0 Å². The lowest BCUT2D eigenvalue weighted by Crippen LogP contribution is -2.58. The molecule has 0 saturated carbocycles. The molecule has 1 aromatic heterocycles. The van der Waals surface area contributed by atoms with E-state index in [0.717, 1.165) is 12.1 Å². The molecule has 1 saturated heterocycles. The molecule has 2 aromatic rings. The minimum atomic E-state index is -4.82. The lowest BCUT2D eigenvalue weighted by Gasteiger charge is -2.33. The van der Waals surface area contributed by atoms with Gasteiger partial charge in [0.25, 0.3) is 0 Å². The summed E-state index contributed by atoms with van der Waals surface area (Å²) in [5.41, 5.74) is -2.44. The number of nitrogens with zero attached hydrogens (tertiary/aromatic N) is 2. The average molecular weight is 425 g/mol. The van der Waals surface area contributed by atoms with Gasteiger partial charge in [0, 0.05) is 12.4 Å². The first kappa shape index (κ1) is 21.6. The minimum Gasteiger partial charge on any atom is -0.346 e. The second-order valence-electron chi connectivity index (χ2n) is 7.34. The van der Waals surface area contributed by atoms with E-state index in [-0.39, 0.29) is 17.8 Å². The average Bonchev–Trinajstić information content (AvgIpc) is 2.66. The highest BCUT2D eigenvalue weighted by Crippen LogP contribution is 2.33. The Balaban J connectivity index is 1.75. The number of halogens is 4. The van der Waals surface area contributed by atoms with Gasteiger partial charge in [-0.1, -0.05) is 6.07 Å². The van der Waals surface area contributed by atoms with Gasteiger partial charge in [0.15, 0.2) is 5.82 Å². The number of nitrogens with one attached hydrogen (secondary N) is 3. The maximum atomic E-state index is 13.9. The standard InChI is InChI=1S/C19H19F4N5O2/c1-18(2,10-4-5-11(12(20)8-10)19(21,22)23)28-17(30)13-9-14(29)27-16(26-13)15-24-6-3-7-25-15/h3-8,13,16,26H,9H2,1-2H3,(H,27,29)(H,28,30). The number of benzene rings is 1. The van der Waals surface area contributed by atoms with Gasteiger partial charge in [-0.05, 0) is 37.6 Å². The van der Waals surface area contributed by atoms with Crippen molar-refractivity contribution >= 4 is 11.8 Å². The fourth-order valence-electron chi connectivity index (χ4n) is 3.08. The van der Waals surface area contributed by atoms with Crippen LogP contribution in [0.4, 0.5) is 17.6 Å². The van der Waals surface area contributed by atoms with Crippen molar-refractivity contribution in [1.82, 2.24) is 25.9 Å². The number of carbonyl (C=O) groups excluding carboxylic acids is 2. The third kappa shape index (κ3) is 4.73. The first-order chi connectivity index (χ1) is 14.0. The number of amides is 2. The SMILES string of the molecule is CC(C)(NC(=O)C1CC(=O)NC(c2ncccn2)N1)c1ccc(C(F)(F)F)c(F)c1. The fourth-order valence-corrected chi connectivity index (χ4v) is 3.08. The third-order valence-corrected chi connectivity index (χ3v) is 4.66. The third-order valence-electron chi connectivity index (χ3n) is 4.66. The van der Waals surface area contributed by atoms with Gasteiger partial charge >= 0.3 is 6.18 Å². The zero-order valence-electron chi connectivity index (χ0n) is 16.0. The molecular formula is C19H19F4N5O2. The lowest BCUT2D eigenvalue weighted by atomic mass is 9.92. The summed E-state index contributed by atoms with van der Waals surface area (Å²) in [7, 11) is 0. The van der Waals surface area contributed by atoms with Crippen molar-refractivity contribution in [2.45, 2.75) is 44.2 Å². The molecule has 1 aliphatic rings. The van der Waals surface area contributed by atoms with Crippen LogP contribution in [0.2, 0.25) is 0 Å². The van der Waals surface area contributed by atoms with Crippen LogP contribution >= 0.6 is 0 Å². The van der Waals surface area contributed by atoms with Crippen molar-refractivity contribution in [1.29, 1.82) is 0 Å². The molecule has 160 valence electrons. The highest BCUT2D eigenvalue weighted by Gasteiger charge is 2.37. The van der Waals surface area contributed by atoms with Crippen LogP contribution in [0, 0.1) is 5.82 Å². The van der Waals surface area contributed by atoms with Gasteiger partial charge in [-0.15, -0.1) is 0 Å². The Kier molecular flexibility index (Phi) is 5.75. The van der Waals surface area contributed by atoms with Crippen LogP contribution in [0.15, 0.2) is 36.7 Å². The molecule has 1 aliphatic heterocycles. The van der Waals surface area contributed by atoms with Crippen molar-refractivity contribution in [3.05, 3.63) is 59.4 Å². The Bertz CT molecular complexity index is 950. The summed E-state index contributed by atoms with van der Waals surface area (Å²) in [6, 6.07) is 3.14. The van der Waals surface area contributed by atoms with Gasteiger partial charge in [-0.2, -0.15) is 13.2 Å². The molecule has 3 N–H and O–H groups in total. The summed E-state index contributed by atoms with van der Waals surface area (Å²) in [6.07, 6.45) is -2.78. The molecular weight excluding hydrogens is 406 g/mol. The molecule has 2 amide bonds. The van der Waals surface area contributed by atoms with E-state index < -0.39 is 47.1 Å². The van der Waals surface area contributed by atoms with E-state index in [0.29, 0.717) is 6.07 Å². The van der Waals surface area contributed by atoms with E-state index in [2.05, 4.69) is 25.9 Å².